The largest absolute Gasteiger partial charge is 0.354 e. The first-order valence-corrected chi connectivity index (χ1v) is 11.5. The van der Waals surface area contributed by atoms with Crippen LogP contribution in [0, 0.1) is 11.7 Å². The van der Waals surface area contributed by atoms with Crippen molar-refractivity contribution in [2.24, 2.45) is 11.8 Å². The van der Waals surface area contributed by atoms with Gasteiger partial charge in [0, 0.05) is 17.9 Å². The summed E-state index contributed by atoms with van der Waals surface area (Å²) in [7, 11) is 0. The van der Waals surface area contributed by atoms with Crippen molar-refractivity contribution >= 4 is 35.1 Å². The predicted molar refractivity (Wildman–Crippen MR) is 130 cm³/mol. The van der Waals surface area contributed by atoms with Gasteiger partial charge in [-0.05, 0) is 60.7 Å². The average Bonchev–Trinajstić information content (AvgIpc) is 2.86. The Kier molecular flexibility index (Phi) is 7.82. The lowest BCUT2D eigenvalue weighted by Crippen LogP contribution is -2.31. The molecule has 1 fully saturated rings. The molecule has 0 atom stereocenters. The van der Waals surface area contributed by atoms with Crippen molar-refractivity contribution in [3.8, 4) is 0 Å². The normalized spacial score (nSPS) is 13.8. The summed E-state index contributed by atoms with van der Waals surface area (Å²) < 4.78 is 13.3. The first kappa shape index (κ1) is 23.4. The van der Waals surface area contributed by atoms with E-state index in [-0.39, 0.29) is 18.1 Å². The van der Waals surface area contributed by atoms with Crippen LogP contribution in [0.4, 0.5) is 33.6 Å². The molecule has 0 saturated heterocycles. The van der Waals surface area contributed by atoms with E-state index in [1.54, 1.807) is 12.1 Å². The number of anilines is 5. The number of nitrogens with two attached hydrogens (primary N) is 1. The molecule has 1 amide bonds. The minimum atomic E-state index is -0.314. The Morgan fingerprint density at radius 2 is 1.41 bits per heavy atom. The van der Waals surface area contributed by atoms with Gasteiger partial charge in [0.1, 0.15) is 5.82 Å². The zero-order valence-corrected chi connectivity index (χ0v) is 18.9. The Balaban J connectivity index is 1.50. The molecular formula is C24H29FN8O. The van der Waals surface area contributed by atoms with Gasteiger partial charge in [0.2, 0.25) is 23.8 Å². The van der Waals surface area contributed by atoms with Crippen LogP contribution in [0.5, 0.6) is 0 Å². The Labute approximate surface area is 197 Å². The molecule has 0 spiro atoms. The van der Waals surface area contributed by atoms with Gasteiger partial charge in [-0.25, -0.2) is 10.2 Å². The fraction of sp³-hybridized carbons (Fsp3) is 0.333. The highest BCUT2D eigenvalue weighted by Gasteiger charge is 2.15. The van der Waals surface area contributed by atoms with Gasteiger partial charge in [-0.1, -0.05) is 31.4 Å². The van der Waals surface area contributed by atoms with Crippen molar-refractivity contribution in [3.63, 3.8) is 0 Å². The van der Waals surface area contributed by atoms with Gasteiger partial charge in [-0.15, -0.1) is 0 Å². The van der Waals surface area contributed by atoms with Gasteiger partial charge in [0.25, 0.3) is 0 Å². The number of carbonyl (C=O) groups is 1. The quantitative estimate of drug-likeness (QED) is 0.182. The minimum absolute atomic E-state index is 0.198. The highest BCUT2D eigenvalue weighted by molar-refractivity contribution is 5.78. The number of halogens is 1. The minimum Gasteiger partial charge on any atom is -0.354 e. The molecule has 34 heavy (non-hydrogen) atoms. The third-order valence-corrected chi connectivity index (χ3v) is 5.75. The standard InChI is InChI=1S/C24H29FN8O/c25-18-8-12-20(13-9-18)29-24-31-22(27-15-17-4-2-1-3-5-17)30-23(32-24)28-19-10-6-16(7-11-19)14-21(34)33-26/h6-13,17H,1-5,14-15,26H2,(H,33,34)(H3,27,28,29,30,31,32). The molecule has 1 saturated carbocycles. The van der Waals surface area contributed by atoms with E-state index >= 15 is 0 Å². The maximum absolute atomic E-state index is 13.3. The van der Waals surface area contributed by atoms with Crippen LogP contribution in [-0.2, 0) is 11.2 Å². The van der Waals surface area contributed by atoms with Gasteiger partial charge in [-0.3, -0.25) is 10.2 Å². The summed E-state index contributed by atoms with van der Waals surface area (Å²) in [5.41, 5.74) is 4.38. The molecule has 3 aromatic rings. The van der Waals surface area contributed by atoms with Crippen molar-refractivity contribution in [2.45, 2.75) is 38.5 Å². The summed E-state index contributed by atoms with van der Waals surface area (Å²) in [6, 6.07) is 13.3. The second kappa shape index (κ2) is 11.4. The van der Waals surface area contributed by atoms with E-state index in [0.29, 0.717) is 29.5 Å². The van der Waals surface area contributed by atoms with E-state index in [1.165, 1.54) is 44.2 Å². The van der Waals surface area contributed by atoms with Crippen LogP contribution in [0.1, 0.15) is 37.7 Å². The molecule has 0 bridgehead atoms. The molecule has 1 aliphatic carbocycles. The zero-order valence-electron chi connectivity index (χ0n) is 18.9. The number of nitrogens with zero attached hydrogens (tertiary/aromatic N) is 3. The molecule has 1 aromatic heterocycles. The van der Waals surface area contributed by atoms with E-state index in [4.69, 9.17) is 5.84 Å². The maximum Gasteiger partial charge on any atom is 0.238 e. The summed E-state index contributed by atoms with van der Waals surface area (Å²) in [5, 5.41) is 9.65. The lowest BCUT2D eigenvalue weighted by molar-refractivity contribution is -0.120. The molecule has 2 aromatic carbocycles. The molecule has 10 heteroatoms. The number of rotatable bonds is 9. The van der Waals surface area contributed by atoms with E-state index in [0.717, 1.165) is 17.8 Å². The number of benzene rings is 2. The second-order valence-electron chi connectivity index (χ2n) is 8.39. The summed E-state index contributed by atoms with van der Waals surface area (Å²) in [6.07, 6.45) is 6.44. The molecule has 6 N–H and O–H groups in total. The highest BCUT2D eigenvalue weighted by atomic mass is 19.1. The summed E-state index contributed by atoms with van der Waals surface area (Å²) in [5.74, 6) is 6.34. The number of carbonyl (C=O) groups excluding carboxylic acids is 1. The Morgan fingerprint density at radius 3 is 2.00 bits per heavy atom. The Morgan fingerprint density at radius 1 is 0.853 bits per heavy atom. The van der Waals surface area contributed by atoms with Crippen molar-refractivity contribution in [2.75, 3.05) is 22.5 Å². The van der Waals surface area contributed by atoms with E-state index < -0.39 is 0 Å². The zero-order chi connectivity index (χ0) is 23.8. The van der Waals surface area contributed by atoms with Crippen LogP contribution in [0.3, 0.4) is 0 Å². The second-order valence-corrected chi connectivity index (χ2v) is 8.39. The number of hydrazine groups is 1. The fourth-order valence-electron chi connectivity index (χ4n) is 3.93. The van der Waals surface area contributed by atoms with Crippen LogP contribution in [-0.4, -0.2) is 27.4 Å². The Hall–Kier alpha value is -3.79. The first-order chi connectivity index (χ1) is 16.6. The van der Waals surface area contributed by atoms with E-state index in [1.807, 2.05) is 24.3 Å². The van der Waals surface area contributed by atoms with Crippen molar-refractivity contribution < 1.29 is 9.18 Å². The lowest BCUT2D eigenvalue weighted by atomic mass is 9.89. The van der Waals surface area contributed by atoms with Crippen molar-refractivity contribution in [1.82, 2.24) is 20.4 Å². The van der Waals surface area contributed by atoms with Crippen LogP contribution in [0.15, 0.2) is 48.5 Å². The van der Waals surface area contributed by atoms with Crippen LogP contribution in [0.2, 0.25) is 0 Å². The predicted octanol–water partition coefficient (Wildman–Crippen LogP) is 4.02. The molecule has 4 rings (SSSR count). The molecule has 1 heterocycles. The van der Waals surface area contributed by atoms with E-state index in [2.05, 4.69) is 36.3 Å². The van der Waals surface area contributed by atoms with E-state index in [9.17, 15) is 9.18 Å². The number of amides is 1. The number of hydrogen-bond acceptors (Lipinski definition) is 8. The molecule has 0 aliphatic heterocycles. The molecule has 9 nitrogen and oxygen atoms in total. The smallest absolute Gasteiger partial charge is 0.238 e. The average molecular weight is 465 g/mol. The van der Waals surface area contributed by atoms with Gasteiger partial charge in [0.05, 0.1) is 6.42 Å². The van der Waals surface area contributed by atoms with Gasteiger partial charge in [0.15, 0.2) is 0 Å². The number of hydrogen-bond donors (Lipinski definition) is 5. The number of nitrogens with one attached hydrogen (secondary N) is 4. The molecule has 1 aliphatic rings. The highest BCUT2D eigenvalue weighted by Crippen LogP contribution is 2.24. The summed E-state index contributed by atoms with van der Waals surface area (Å²) in [6.45, 7) is 0.803. The third kappa shape index (κ3) is 6.85. The molecule has 0 unspecified atom stereocenters. The van der Waals surface area contributed by atoms with Gasteiger partial charge >= 0.3 is 0 Å². The van der Waals surface area contributed by atoms with Crippen molar-refractivity contribution in [3.05, 3.63) is 59.9 Å². The monoisotopic (exact) mass is 464 g/mol. The SMILES string of the molecule is NNC(=O)Cc1ccc(Nc2nc(NCC3CCCCC3)nc(Nc3ccc(F)cc3)n2)cc1. The van der Waals surface area contributed by atoms with Gasteiger partial charge < -0.3 is 16.0 Å². The Bertz CT molecular complexity index is 1090. The van der Waals surface area contributed by atoms with Crippen molar-refractivity contribution in [1.29, 1.82) is 0 Å². The van der Waals surface area contributed by atoms with Crippen LogP contribution >= 0.6 is 0 Å². The molecule has 0 radical (unpaired) electrons. The summed E-state index contributed by atoms with van der Waals surface area (Å²) >= 11 is 0. The lowest BCUT2D eigenvalue weighted by Gasteiger charge is -2.21. The van der Waals surface area contributed by atoms with Crippen LogP contribution < -0.4 is 27.2 Å². The maximum atomic E-state index is 13.3. The van der Waals surface area contributed by atoms with Crippen LogP contribution in [0.25, 0.3) is 0 Å². The molecule has 178 valence electrons. The third-order valence-electron chi connectivity index (χ3n) is 5.75. The van der Waals surface area contributed by atoms with Gasteiger partial charge in [-0.2, -0.15) is 15.0 Å². The first-order valence-electron chi connectivity index (χ1n) is 11.5. The summed E-state index contributed by atoms with van der Waals surface area (Å²) in [4.78, 5) is 25.0. The topological polar surface area (TPSA) is 130 Å². The molecular weight excluding hydrogens is 435 g/mol. The fourth-order valence-corrected chi connectivity index (χ4v) is 3.93. The number of aromatic nitrogens is 3.